The van der Waals surface area contributed by atoms with Crippen LogP contribution in [0.2, 0.25) is 0 Å². The third kappa shape index (κ3) is 3.69. The molecule has 1 aliphatic rings. The van der Waals surface area contributed by atoms with Gasteiger partial charge in [-0.25, -0.2) is 0 Å². The smallest absolute Gasteiger partial charge is 0.253 e. The molecule has 3 aromatic rings. The van der Waals surface area contributed by atoms with Gasteiger partial charge < -0.3 is 19.5 Å². The number of carbonyl (C=O) groups is 2. The van der Waals surface area contributed by atoms with Crippen molar-refractivity contribution in [3.63, 3.8) is 0 Å². The van der Waals surface area contributed by atoms with Crippen molar-refractivity contribution in [1.82, 2.24) is 19.6 Å². The van der Waals surface area contributed by atoms with Crippen LogP contribution in [0, 0.1) is 0 Å². The lowest BCUT2D eigenvalue weighted by molar-refractivity contribution is -0.129. The topological polar surface area (TPSA) is 70.0 Å². The maximum atomic E-state index is 12.6. The number of amides is 2. The summed E-state index contributed by atoms with van der Waals surface area (Å²) in [5.74, 6) is 1.03. The maximum absolute atomic E-state index is 12.6. The van der Waals surface area contributed by atoms with Crippen LogP contribution in [0.3, 0.4) is 0 Å². The lowest BCUT2D eigenvalue weighted by Crippen LogP contribution is -2.48. The molecule has 0 spiro atoms. The molecular formula is C21H23N5O2. The minimum absolute atomic E-state index is 0.117. The number of aromatic nitrogens is 2. The molecule has 1 N–H and O–H groups in total. The normalized spacial score (nSPS) is 14.3. The van der Waals surface area contributed by atoms with Gasteiger partial charge in [-0.3, -0.25) is 14.6 Å². The number of anilines is 1. The Labute approximate surface area is 163 Å². The van der Waals surface area contributed by atoms with Gasteiger partial charge in [-0.1, -0.05) is 6.07 Å². The van der Waals surface area contributed by atoms with Gasteiger partial charge in [-0.15, -0.1) is 0 Å². The molecule has 0 radical (unpaired) electrons. The van der Waals surface area contributed by atoms with Crippen molar-refractivity contribution in [1.29, 1.82) is 0 Å². The molecule has 3 aromatic heterocycles. The fraction of sp³-hybridized carbons (Fsp3) is 0.286. The van der Waals surface area contributed by atoms with E-state index in [1.807, 2.05) is 51.9 Å². The first kappa shape index (κ1) is 18.0. The second-order valence-electron chi connectivity index (χ2n) is 6.90. The van der Waals surface area contributed by atoms with Gasteiger partial charge in [0.25, 0.3) is 5.91 Å². The molecule has 144 valence electrons. The molecule has 1 saturated heterocycles. The number of hydrogen-bond acceptors (Lipinski definition) is 4. The van der Waals surface area contributed by atoms with Gasteiger partial charge in [0.2, 0.25) is 5.91 Å². The van der Waals surface area contributed by atoms with E-state index in [-0.39, 0.29) is 11.8 Å². The van der Waals surface area contributed by atoms with Crippen molar-refractivity contribution in [2.75, 3.05) is 31.1 Å². The van der Waals surface area contributed by atoms with Crippen LogP contribution in [0.4, 0.5) is 5.82 Å². The molecule has 1 aliphatic heterocycles. The van der Waals surface area contributed by atoms with Crippen molar-refractivity contribution < 1.29 is 9.59 Å². The molecule has 0 bridgehead atoms. The van der Waals surface area contributed by atoms with E-state index in [0.29, 0.717) is 25.2 Å². The van der Waals surface area contributed by atoms with Crippen LogP contribution in [-0.4, -0.2) is 52.3 Å². The number of rotatable bonds is 4. The Morgan fingerprint density at radius 3 is 2.54 bits per heavy atom. The minimum Gasteiger partial charge on any atom is -0.354 e. The first-order valence-corrected chi connectivity index (χ1v) is 9.41. The average Bonchev–Trinajstić information content (AvgIpc) is 3.16. The summed E-state index contributed by atoms with van der Waals surface area (Å²) >= 11 is 0. The lowest BCUT2D eigenvalue weighted by atomic mass is 10.2. The number of nitrogens with zero attached hydrogens (tertiary/aromatic N) is 4. The van der Waals surface area contributed by atoms with Gasteiger partial charge in [-0.05, 0) is 36.4 Å². The summed E-state index contributed by atoms with van der Waals surface area (Å²) in [5.41, 5.74) is 2.45. The Balaban J connectivity index is 1.50. The number of carbonyl (C=O) groups excluding carboxylic acids is 2. The van der Waals surface area contributed by atoms with Crippen LogP contribution < -0.4 is 10.2 Å². The van der Waals surface area contributed by atoms with E-state index in [0.717, 1.165) is 30.1 Å². The molecule has 4 rings (SSSR count). The molecule has 0 aliphatic carbocycles. The summed E-state index contributed by atoms with van der Waals surface area (Å²) in [7, 11) is 0. The van der Waals surface area contributed by atoms with Crippen LogP contribution in [-0.2, 0) is 11.3 Å². The molecule has 0 unspecified atom stereocenters. The monoisotopic (exact) mass is 377 g/mol. The van der Waals surface area contributed by atoms with Crippen molar-refractivity contribution in [2.24, 2.45) is 0 Å². The van der Waals surface area contributed by atoms with Crippen LogP contribution in [0.25, 0.3) is 5.52 Å². The Morgan fingerprint density at radius 2 is 1.82 bits per heavy atom. The van der Waals surface area contributed by atoms with Crippen LogP contribution >= 0.6 is 0 Å². The van der Waals surface area contributed by atoms with Gasteiger partial charge in [0, 0.05) is 51.0 Å². The van der Waals surface area contributed by atoms with E-state index in [4.69, 9.17) is 0 Å². The molecule has 0 atom stereocenters. The van der Waals surface area contributed by atoms with E-state index < -0.39 is 0 Å². The standard InChI is InChI=1S/C21H23N5O2/c1-16(27)24-10-12-25(13-11-24)20-8-7-19-6-5-17(15-26(19)20)21(28)23-14-18-4-2-3-9-22-18/h2-9,15H,10-14H2,1H3,(H,23,28). The number of pyridine rings is 2. The second-order valence-corrected chi connectivity index (χ2v) is 6.90. The fourth-order valence-electron chi connectivity index (χ4n) is 3.50. The van der Waals surface area contributed by atoms with Crippen LogP contribution in [0.1, 0.15) is 23.0 Å². The zero-order valence-electron chi connectivity index (χ0n) is 15.8. The highest BCUT2D eigenvalue weighted by molar-refractivity contribution is 5.94. The molecule has 4 heterocycles. The molecule has 1 fully saturated rings. The lowest BCUT2D eigenvalue weighted by Gasteiger charge is -2.35. The summed E-state index contributed by atoms with van der Waals surface area (Å²) in [5, 5.41) is 2.92. The van der Waals surface area contributed by atoms with Gasteiger partial charge in [0.05, 0.1) is 17.8 Å². The van der Waals surface area contributed by atoms with Crippen molar-refractivity contribution >= 4 is 23.1 Å². The van der Waals surface area contributed by atoms with Gasteiger partial charge in [0.1, 0.15) is 5.82 Å². The molecular weight excluding hydrogens is 354 g/mol. The van der Waals surface area contributed by atoms with Gasteiger partial charge in [0.15, 0.2) is 0 Å². The Bertz CT molecular complexity index is 990. The van der Waals surface area contributed by atoms with Crippen molar-refractivity contribution in [3.8, 4) is 0 Å². The van der Waals surface area contributed by atoms with E-state index in [1.54, 1.807) is 13.1 Å². The molecule has 7 heteroatoms. The highest BCUT2D eigenvalue weighted by Crippen LogP contribution is 2.22. The highest BCUT2D eigenvalue weighted by atomic mass is 16.2. The first-order chi connectivity index (χ1) is 13.6. The third-order valence-electron chi connectivity index (χ3n) is 5.10. The Hall–Kier alpha value is -3.35. The molecule has 7 nitrogen and oxygen atoms in total. The Morgan fingerprint density at radius 1 is 1.04 bits per heavy atom. The fourth-order valence-corrected chi connectivity index (χ4v) is 3.50. The molecule has 2 amide bonds. The van der Waals surface area contributed by atoms with Gasteiger partial charge in [-0.2, -0.15) is 0 Å². The summed E-state index contributed by atoms with van der Waals surface area (Å²) < 4.78 is 2.04. The third-order valence-corrected chi connectivity index (χ3v) is 5.10. The first-order valence-electron chi connectivity index (χ1n) is 9.41. The quantitative estimate of drug-likeness (QED) is 0.754. The predicted molar refractivity (Wildman–Crippen MR) is 107 cm³/mol. The maximum Gasteiger partial charge on any atom is 0.253 e. The van der Waals surface area contributed by atoms with E-state index in [9.17, 15) is 9.59 Å². The van der Waals surface area contributed by atoms with Crippen LogP contribution in [0.15, 0.2) is 54.9 Å². The number of nitrogens with one attached hydrogen (secondary N) is 1. The minimum atomic E-state index is -0.131. The zero-order valence-corrected chi connectivity index (χ0v) is 15.8. The molecule has 0 aromatic carbocycles. The van der Waals surface area contributed by atoms with Crippen molar-refractivity contribution in [2.45, 2.75) is 13.5 Å². The SMILES string of the molecule is CC(=O)N1CCN(c2ccc3ccc(C(=O)NCc4ccccn4)cn23)CC1. The summed E-state index contributed by atoms with van der Waals surface area (Å²) in [6.45, 7) is 4.99. The Kier molecular flexibility index (Phi) is 4.97. The van der Waals surface area contributed by atoms with Gasteiger partial charge >= 0.3 is 0 Å². The summed E-state index contributed by atoms with van der Waals surface area (Å²) in [4.78, 5) is 32.5. The largest absolute Gasteiger partial charge is 0.354 e. The van der Waals surface area contributed by atoms with Crippen LogP contribution in [0.5, 0.6) is 0 Å². The number of fused-ring (bicyclic) bond motifs is 1. The predicted octanol–water partition coefficient (Wildman–Crippen LogP) is 1.93. The molecule has 0 saturated carbocycles. The van der Waals surface area contributed by atoms with E-state index >= 15 is 0 Å². The molecule has 28 heavy (non-hydrogen) atoms. The average molecular weight is 377 g/mol. The number of piperazine rings is 1. The summed E-state index contributed by atoms with van der Waals surface area (Å²) in [6, 6.07) is 13.5. The van der Waals surface area contributed by atoms with E-state index in [2.05, 4.69) is 21.3 Å². The zero-order chi connectivity index (χ0) is 19.5. The second kappa shape index (κ2) is 7.72. The van der Waals surface area contributed by atoms with E-state index in [1.165, 1.54) is 0 Å². The summed E-state index contributed by atoms with van der Waals surface area (Å²) in [6.07, 6.45) is 3.58. The highest BCUT2D eigenvalue weighted by Gasteiger charge is 2.20. The van der Waals surface area contributed by atoms with Crippen molar-refractivity contribution in [3.05, 3.63) is 66.1 Å². The number of hydrogen-bond donors (Lipinski definition) is 1.